The van der Waals surface area contributed by atoms with Gasteiger partial charge in [0.2, 0.25) is 5.75 Å². The topological polar surface area (TPSA) is 61.8 Å². The molecule has 0 aliphatic heterocycles. The van der Waals surface area contributed by atoms with Crippen molar-refractivity contribution in [2.24, 2.45) is 0 Å². The van der Waals surface area contributed by atoms with Gasteiger partial charge in [-0.25, -0.2) is 4.79 Å². The molecule has 5 heteroatoms. The lowest BCUT2D eigenvalue weighted by Crippen LogP contribution is -2.06. The Balaban J connectivity index is 2.51. The Morgan fingerprint density at radius 2 is 1.83 bits per heavy atom. The minimum Gasteiger partial charge on any atom is -0.492 e. The summed E-state index contributed by atoms with van der Waals surface area (Å²) in [5, 5.41) is 1.57. The highest BCUT2D eigenvalue weighted by Crippen LogP contribution is 2.34. The Bertz CT molecular complexity index is 781. The molecule has 0 aliphatic rings. The van der Waals surface area contributed by atoms with Crippen LogP contribution in [0.5, 0.6) is 11.5 Å². The van der Waals surface area contributed by atoms with Crippen LogP contribution in [0.25, 0.3) is 21.9 Å². The van der Waals surface area contributed by atoms with Crippen LogP contribution in [-0.4, -0.2) is 14.2 Å². The lowest BCUT2D eigenvalue weighted by atomic mass is 10.1. The van der Waals surface area contributed by atoms with Crippen molar-refractivity contribution in [3.8, 4) is 11.5 Å². The summed E-state index contributed by atoms with van der Waals surface area (Å²) in [6, 6.07) is 5.32. The minimum atomic E-state index is -0.576. The molecule has 5 nitrogen and oxygen atoms in total. The maximum atomic E-state index is 11.7. The summed E-state index contributed by atoms with van der Waals surface area (Å²) in [5.74, 6) is 0.430. The number of furan rings is 1. The summed E-state index contributed by atoms with van der Waals surface area (Å²) in [6.07, 6.45) is 1.57. The van der Waals surface area contributed by atoms with Gasteiger partial charge in [0.1, 0.15) is 11.2 Å². The van der Waals surface area contributed by atoms with Crippen molar-refractivity contribution in [1.29, 1.82) is 0 Å². The first kappa shape index (κ1) is 10.7. The highest BCUT2D eigenvalue weighted by molar-refractivity contribution is 5.97. The second kappa shape index (κ2) is 3.80. The first-order valence-corrected chi connectivity index (χ1v) is 5.30. The Morgan fingerprint density at radius 1 is 1.06 bits per heavy atom. The van der Waals surface area contributed by atoms with Gasteiger partial charge in [0.05, 0.1) is 25.9 Å². The van der Waals surface area contributed by atoms with E-state index >= 15 is 0 Å². The lowest BCUT2D eigenvalue weighted by Gasteiger charge is -2.08. The van der Waals surface area contributed by atoms with Gasteiger partial charge in [-0.15, -0.1) is 0 Å². The monoisotopic (exact) mass is 246 g/mol. The highest BCUT2D eigenvalue weighted by Gasteiger charge is 2.17. The number of methoxy groups -OCH3 is 2. The van der Waals surface area contributed by atoms with Gasteiger partial charge in [-0.1, -0.05) is 0 Å². The SMILES string of the molecule is COc1c(OC)c2cc3ccoc3cc2oc1=O. The van der Waals surface area contributed by atoms with Gasteiger partial charge < -0.3 is 18.3 Å². The Hall–Kier alpha value is -2.43. The number of fused-ring (bicyclic) bond motifs is 2. The fourth-order valence-corrected chi connectivity index (χ4v) is 1.99. The molecule has 0 unspecified atom stereocenters. The van der Waals surface area contributed by atoms with E-state index in [0.29, 0.717) is 22.3 Å². The van der Waals surface area contributed by atoms with Gasteiger partial charge in [0.15, 0.2) is 5.75 Å². The van der Waals surface area contributed by atoms with Crippen LogP contribution < -0.4 is 15.1 Å². The van der Waals surface area contributed by atoms with Gasteiger partial charge in [-0.3, -0.25) is 0 Å². The maximum Gasteiger partial charge on any atom is 0.383 e. The van der Waals surface area contributed by atoms with E-state index in [1.807, 2.05) is 12.1 Å². The van der Waals surface area contributed by atoms with Crippen LogP contribution in [0.4, 0.5) is 0 Å². The van der Waals surface area contributed by atoms with Crippen LogP contribution in [-0.2, 0) is 0 Å². The normalized spacial score (nSPS) is 11.0. The Kier molecular flexibility index (Phi) is 2.26. The lowest BCUT2D eigenvalue weighted by molar-refractivity contribution is 0.338. The van der Waals surface area contributed by atoms with Crippen LogP contribution in [0.15, 0.2) is 38.1 Å². The molecule has 0 atom stereocenters. The van der Waals surface area contributed by atoms with E-state index < -0.39 is 5.63 Å². The van der Waals surface area contributed by atoms with E-state index in [1.54, 1.807) is 12.3 Å². The molecule has 3 aromatic rings. The summed E-state index contributed by atoms with van der Waals surface area (Å²) in [5.41, 5.74) is 0.478. The van der Waals surface area contributed by atoms with Gasteiger partial charge in [0, 0.05) is 11.5 Å². The van der Waals surface area contributed by atoms with Crippen LogP contribution in [0.2, 0.25) is 0 Å². The van der Waals surface area contributed by atoms with E-state index in [2.05, 4.69) is 0 Å². The maximum absolute atomic E-state index is 11.7. The zero-order chi connectivity index (χ0) is 12.7. The molecule has 0 saturated carbocycles. The average molecular weight is 246 g/mol. The largest absolute Gasteiger partial charge is 0.492 e. The minimum absolute atomic E-state index is 0.0628. The number of hydrogen-bond donors (Lipinski definition) is 0. The van der Waals surface area contributed by atoms with Crippen molar-refractivity contribution in [2.45, 2.75) is 0 Å². The number of benzene rings is 1. The summed E-state index contributed by atoms with van der Waals surface area (Å²) in [4.78, 5) is 11.7. The van der Waals surface area contributed by atoms with E-state index in [4.69, 9.17) is 18.3 Å². The molecule has 18 heavy (non-hydrogen) atoms. The summed E-state index contributed by atoms with van der Waals surface area (Å²) in [7, 11) is 2.88. The summed E-state index contributed by atoms with van der Waals surface area (Å²) in [6.45, 7) is 0. The molecule has 1 aromatic carbocycles. The second-order valence-electron chi connectivity index (χ2n) is 3.76. The van der Waals surface area contributed by atoms with Crippen LogP contribution >= 0.6 is 0 Å². The quantitative estimate of drug-likeness (QED) is 0.650. The molecule has 3 rings (SSSR count). The average Bonchev–Trinajstić information content (AvgIpc) is 2.81. The molecule has 0 fully saturated rings. The van der Waals surface area contributed by atoms with Gasteiger partial charge in [0.25, 0.3) is 0 Å². The third-order valence-corrected chi connectivity index (χ3v) is 2.80. The Labute approximate surface area is 102 Å². The molecule has 2 heterocycles. The molecule has 0 bridgehead atoms. The molecule has 0 radical (unpaired) electrons. The van der Waals surface area contributed by atoms with Crippen molar-refractivity contribution < 1.29 is 18.3 Å². The molecule has 2 aromatic heterocycles. The van der Waals surface area contributed by atoms with Crippen molar-refractivity contribution in [2.75, 3.05) is 14.2 Å². The summed E-state index contributed by atoms with van der Waals surface area (Å²) >= 11 is 0. The first-order valence-electron chi connectivity index (χ1n) is 5.30. The molecule has 0 saturated heterocycles. The molecule has 0 amide bonds. The van der Waals surface area contributed by atoms with Crippen LogP contribution in [0, 0.1) is 0 Å². The number of ether oxygens (including phenoxy) is 2. The third kappa shape index (κ3) is 1.37. The van der Waals surface area contributed by atoms with E-state index in [9.17, 15) is 4.79 Å². The molecule has 0 aliphatic carbocycles. The first-order chi connectivity index (χ1) is 8.74. The zero-order valence-corrected chi connectivity index (χ0v) is 9.85. The molecule has 0 spiro atoms. The van der Waals surface area contributed by atoms with Gasteiger partial charge in [-0.2, -0.15) is 0 Å². The molecule has 0 N–H and O–H groups in total. The van der Waals surface area contributed by atoms with Gasteiger partial charge >= 0.3 is 5.63 Å². The summed E-state index contributed by atoms with van der Waals surface area (Å²) < 4.78 is 20.7. The number of rotatable bonds is 2. The van der Waals surface area contributed by atoms with Crippen molar-refractivity contribution >= 4 is 21.9 Å². The van der Waals surface area contributed by atoms with Gasteiger partial charge in [-0.05, 0) is 12.1 Å². The zero-order valence-electron chi connectivity index (χ0n) is 9.85. The standard InChI is InChI=1S/C13H10O5/c1-15-11-8-5-7-3-4-17-9(7)6-10(8)18-13(14)12(11)16-2/h3-6H,1-2H3. The predicted octanol–water partition coefficient (Wildman–Crippen LogP) is 2.56. The third-order valence-electron chi connectivity index (χ3n) is 2.80. The van der Waals surface area contributed by atoms with Crippen molar-refractivity contribution in [3.63, 3.8) is 0 Å². The van der Waals surface area contributed by atoms with Crippen molar-refractivity contribution in [1.82, 2.24) is 0 Å². The number of hydrogen-bond acceptors (Lipinski definition) is 5. The fraction of sp³-hybridized carbons (Fsp3) is 0.154. The molecular weight excluding hydrogens is 236 g/mol. The second-order valence-corrected chi connectivity index (χ2v) is 3.76. The van der Waals surface area contributed by atoms with Crippen LogP contribution in [0.3, 0.4) is 0 Å². The van der Waals surface area contributed by atoms with Crippen LogP contribution in [0.1, 0.15) is 0 Å². The van der Waals surface area contributed by atoms with Crippen molar-refractivity contribution in [3.05, 3.63) is 34.9 Å². The fourth-order valence-electron chi connectivity index (χ4n) is 1.99. The van der Waals surface area contributed by atoms with E-state index in [0.717, 1.165) is 5.39 Å². The highest BCUT2D eigenvalue weighted by atomic mass is 16.5. The smallest absolute Gasteiger partial charge is 0.383 e. The molecule has 92 valence electrons. The van der Waals surface area contributed by atoms with E-state index in [1.165, 1.54) is 14.2 Å². The Morgan fingerprint density at radius 3 is 2.56 bits per heavy atom. The predicted molar refractivity (Wildman–Crippen MR) is 65.4 cm³/mol. The van der Waals surface area contributed by atoms with E-state index in [-0.39, 0.29) is 5.75 Å². The molecular formula is C13H10O5.